The lowest BCUT2D eigenvalue weighted by Gasteiger charge is -2.17. The van der Waals surface area contributed by atoms with Crippen LogP contribution in [-0.4, -0.2) is 47.1 Å². The Morgan fingerprint density at radius 3 is 2.62 bits per heavy atom. The molecule has 0 atom stereocenters. The summed E-state index contributed by atoms with van der Waals surface area (Å²) in [5, 5.41) is 8.83. The second-order valence-electron chi connectivity index (χ2n) is 3.26. The Morgan fingerprint density at radius 1 is 1.50 bits per heavy atom. The molecular formula is C9H17N3O3S. The summed E-state index contributed by atoms with van der Waals surface area (Å²) in [5.41, 5.74) is 0. The van der Waals surface area contributed by atoms with E-state index in [-0.39, 0.29) is 18.2 Å². The predicted molar refractivity (Wildman–Crippen MR) is 59.4 cm³/mol. The Bertz CT molecular complexity index is 427. The van der Waals surface area contributed by atoms with Gasteiger partial charge in [0.05, 0.1) is 12.9 Å². The van der Waals surface area contributed by atoms with E-state index in [1.807, 2.05) is 6.92 Å². The molecule has 92 valence electrons. The molecule has 0 saturated carbocycles. The first-order chi connectivity index (χ1) is 7.56. The SMILES string of the molecule is CCN(CCO)S(=O)(=O)c1cn(CC)cn1. The standard InChI is InChI=1S/C9H17N3O3S/c1-3-11-7-9(10-8-11)16(14,15)12(4-2)5-6-13/h7-8,13H,3-6H2,1-2H3. The Hall–Kier alpha value is -0.920. The van der Waals surface area contributed by atoms with Gasteiger partial charge in [0.25, 0.3) is 10.0 Å². The van der Waals surface area contributed by atoms with E-state index in [1.54, 1.807) is 11.5 Å². The number of likely N-dealkylation sites (N-methyl/N-ethyl adjacent to an activating group) is 1. The van der Waals surface area contributed by atoms with Gasteiger partial charge in [-0.15, -0.1) is 0 Å². The highest BCUT2D eigenvalue weighted by Crippen LogP contribution is 2.12. The molecule has 1 N–H and O–H groups in total. The molecule has 0 saturated heterocycles. The first-order valence-electron chi connectivity index (χ1n) is 5.19. The van der Waals surface area contributed by atoms with Crippen molar-refractivity contribution in [1.82, 2.24) is 13.9 Å². The molecule has 7 heteroatoms. The maximum Gasteiger partial charge on any atom is 0.262 e. The van der Waals surface area contributed by atoms with Crippen molar-refractivity contribution >= 4 is 10.0 Å². The van der Waals surface area contributed by atoms with Crippen molar-refractivity contribution in [3.63, 3.8) is 0 Å². The molecular weight excluding hydrogens is 230 g/mol. The van der Waals surface area contributed by atoms with Crippen molar-refractivity contribution in [2.45, 2.75) is 25.4 Å². The lowest BCUT2D eigenvalue weighted by molar-refractivity contribution is 0.257. The van der Waals surface area contributed by atoms with Crippen molar-refractivity contribution in [2.75, 3.05) is 19.7 Å². The maximum absolute atomic E-state index is 12.0. The van der Waals surface area contributed by atoms with Gasteiger partial charge in [-0.05, 0) is 6.92 Å². The Balaban J connectivity index is 2.99. The first-order valence-corrected chi connectivity index (χ1v) is 6.63. The lowest BCUT2D eigenvalue weighted by Crippen LogP contribution is -2.33. The van der Waals surface area contributed by atoms with Crippen LogP contribution in [0.3, 0.4) is 0 Å². The van der Waals surface area contributed by atoms with Gasteiger partial charge in [-0.1, -0.05) is 6.92 Å². The lowest BCUT2D eigenvalue weighted by atomic mass is 10.6. The highest BCUT2D eigenvalue weighted by molar-refractivity contribution is 7.89. The molecule has 0 fully saturated rings. The highest BCUT2D eigenvalue weighted by Gasteiger charge is 2.24. The van der Waals surface area contributed by atoms with Gasteiger partial charge in [0.1, 0.15) is 0 Å². The van der Waals surface area contributed by atoms with Crippen LogP contribution in [0.2, 0.25) is 0 Å². The number of imidazole rings is 1. The van der Waals surface area contributed by atoms with Gasteiger partial charge in [0, 0.05) is 25.8 Å². The third-order valence-corrected chi connectivity index (χ3v) is 4.14. The minimum atomic E-state index is -3.56. The van der Waals surface area contributed by atoms with E-state index < -0.39 is 10.0 Å². The van der Waals surface area contributed by atoms with E-state index >= 15 is 0 Å². The second kappa shape index (κ2) is 5.42. The molecule has 0 aliphatic rings. The minimum Gasteiger partial charge on any atom is -0.395 e. The van der Waals surface area contributed by atoms with Crippen LogP contribution in [0.4, 0.5) is 0 Å². The first kappa shape index (κ1) is 13.1. The molecule has 1 aromatic heterocycles. The number of hydrogen-bond acceptors (Lipinski definition) is 4. The fourth-order valence-electron chi connectivity index (χ4n) is 1.34. The van der Waals surface area contributed by atoms with Crippen LogP contribution in [0.5, 0.6) is 0 Å². The number of aryl methyl sites for hydroxylation is 1. The Morgan fingerprint density at radius 2 is 2.19 bits per heavy atom. The summed E-state index contributed by atoms with van der Waals surface area (Å²) in [6.45, 7) is 4.53. The summed E-state index contributed by atoms with van der Waals surface area (Å²) in [4.78, 5) is 3.86. The van der Waals surface area contributed by atoms with Gasteiger partial charge in [0.2, 0.25) is 0 Å². The third-order valence-electron chi connectivity index (χ3n) is 2.28. The highest BCUT2D eigenvalue weighted by atomic mass is 32.2. The molecule has 0 aromatic carbocycles. The number of rotatable bonds is 6. The molecule has 0 radical (unpaired) electrons. The number of aliphatic hydroxyl groups is 1. The number of sulfonamides is 1. The summed E-state index contributed by atoms with van der Waals surface area (Å²) in [7, 11) is -3.56. The molecule has 0 spiro atoms. The Kier molecular flexibility index (Phi) is 4.45. The second-order valence-corrected chi connectivity index (χ2v) is 5.15. The van der Waals surface area contributed by atoms with Gasteiger partial charge in [-0.2, -0.15) is 4.31 Å². The molecule has 1 rings (SSSR count). The van der Waals surface area contributed by atoms with Crippen molar-refractivity contribution < 1.29 is 13.5 Å². The molecule has 0 aliphatic carbocycles. The van der Waals surface area contributed by atoms with Crippen LogP contribution >= 0.6 is 0 Å². The van der Waals surface area contributed by atoms with E-state index in [4.69, 9.17) is 5.11 Å². The smallest absolute Gasteiger partial charge is 0.262 e. The third kappa shape index (κ3) is 2.60. The van der Waals surface area contributed by atoms with Crippen molar-refractivity contribution in [1.29, 1.82) is 0 Å². The topological polar surface area (TPSA) is 75.4 Å². The van der Waals surface area contributed by atoms with Gasteiger partial charge in [-0.25, -0.2) is 13.4 Å². The number of nitrogens with zero attached hydrogens (tertiary/aromatic N) is 3. The van der Waals surface area contributed by atoms with Crippen molar-refractivity contribution in [3.05, 3.63) is 12.5 Å². The zero-order valence-corrected chi connectivity index (χ0v) is 10.3. The zero-order valence-electron chi connectivity index (χ0n) is 9.50. The summed E-state index contributed by atoms with van der Waals surface area (Å²) in [6, 6.07) is 0. The number of hydrogen-bond donors (Lipinski definition) is 1. The molecule has 6 nitrogen and oxygen atoms in total. The Labute approximate surface area is 95.6 Å². The summed E-state index contributed by atoms with van der Waals surface area (Å²) >= 11 is 0. The quantitative estimate of drug-likeness (QED) is 0.762. The number of aromatic nitrogens is 2. The predicted octanol–water partition coefficient (Wildman–Crippen LogP) is -0.0941. The molecule has 0 aliphatic heterocycles. The molecule has 0 amide bonds. The van der Waals surface area contributed by atoms with E-state index in [1.165, 1.54) is 16.8 Å². The molecule has 0 unspecified atom stereocenters. The molecule has 0 bridgehead atoms. The van der Waals surface area contributed by atoms with E-state index in [0.29, 0.717) is 13.1 Å². The maximum atomic E-state index is 12.0. The average molecular weight is 247 g/mol. The van der Waals surface area contributed by atoms with Crippen LogP contribution in [0.1, 0.15) is 13.8 Å². The van der Waals surface area contributed by atoms with Crippen LogP contribution in [-0.2, 0) is 16.6 Å². The van der Waals surface area contributed by atoms with E-state index in [2.05, 4.69) is 4.98 Å². The van der Waals surface area contributed by atoms with E-state index in [0.717, 1.165) is 0 Å². The normalized spacial score (nSPS) is 12.2. The molecule has 1 aromatic rings. The zero-order chi connectivity index (χ0) is 12.2. The summed E-state index contributed by atoms with van der Waals surface area (Å²) in [5.74, 6) is 0. The van der Waals surface area contributed by atoms with Gasteiger partial charge in [0.15, 0.2) is 5.03 Å². The molecule has 16 heavy (non-hydrogen) atoms. The van der Waals surface area contributed by atoms with Crippen LogP contribution in [0.25, 0.3) is 0 Å². The van der Waals surface area contributed by atoms with E-state index in [9.17, 15) is 8.42 Å². The van der Waals surface area contributed by atoms with Crippen LogP contribution in [0, 0.1) is 0 Å². The van der Waals surface area contributed by atoms with Gasteiger partial charge < -0.3 is 9.67 Å². The summed E-state index contributed by atoms with van der Waals surface area (Å²) in [6.07, 6.45) is 2.98. The van der Waals surface area contributed by atoms with Gasteiger partial charge >= 0.3 is 0 Å². The summed E-state index contributed by atoms with van der Waals surface area (Å²) < 4.78 is 26.9. The van der Waals surface area contributed by atoms with Crippen molar-refractivity contribution in [2.24, 2.45) is 0 Å². The number of aliphatic hydroxyl groups excluding tert-OH is 1. The van der Waals surface area contributed by atoms with Crippen molar-refractivity contribution in [3.8, 4) is 0 Å². The fraction of sp³-hybridized carbons (Fsp3) is 0.667. The van der Waals surface area contributed by atoms with Gasteiger partial charge in [-0.3, -0.25) is 0 Å². The van der Waals surface area contributed by atoms with Crippen LogP contribution < -0.4 is 0 Å². The molecule has 1 heterocycles. The average Bonchev–Trinajstić information content (AvgIpc) is 2.74. The van der Waals surface area contributed by atoms with Crippen LogP contribution in [0.15, 0.2) is 17.6 Å². The minimum absolute atomic E-state index is 0.0321. The monoisotopic (exact) mass is 247 g/mol. The fourth-order valence-corrected chi connectivity index (χ4v) is 2.71. The largest absolute Gasteiger partial charge is 0.395 e.